The van der Waals surface area contributed by atoms with Crippen LogP contribution < -0.4 is 9.47 Å². The van der Waals surface area contributed by atoms with Crippen molar-refractivity contribution >= 4 is 17.6 Å². The van der Waals surface area contributed by atoms with Crippen LogP contribution in [-0.2, 0) is 4.79 Å². The van der Waals surface area contributed by atoms with E-state index < -0.39 is 11.8 Å². The van der Waals surface area contributed by atoms with Crippen molar-refractivity contribution in [1.29, 1.82) is 5.26 Å². The number of nitrogens with zero attached hydrogens (tertiary/aromatic N) is 1. The highest BCUT2D eigenvalue weighted by atomic mass is 19.1. The summed E-state index contributed by atoms with van der Waals surface area (Å²) < 4.78 is 24.0. The summed E-state index contributed by atoms with van der Waals surface area (Å²) in [5, 5.41) is 9.28. The van der Waals surface area contributed by atoms with Crippen molar-refractivity contribution in [2.75, 3.05) is 7.11 Å². The van der Waals surface area contributed by atoms with Crippen molar-refractivity contribution in [2.45, 2.75) is 6.92 Å². The summed E-state index contributed by atoms with van der Waals surface area (Å²) in [6.45, 7) is 1.29. The van der Waals surface area contributed by atoms with Crippen molar-refractivity contribution in [1.82, 2.24) is 0 Å². The third-order valence-corrected chi connectivity index (χ3v) is 3.04. The molecular weight excluding hydrogens is 297 g/mol. The van der Waals surface area contributed by atoms with E-state index in [1.165, 1.54) is 26.2 Å². The molecule has 23 heavy (non-hydrogen) atoms. The number of methoxy groups -OCH3 is 1. The fourth-order valence-electron chi connectivity index (χ4n) is 2.03. The molecule has 0 fully saturated rings. The summed E-state index contributed by atoms with van der Waals surface area (Å²) in [6, 6.07) is 12.9. The number of halogens is 1. The van der Waals surface area contributed by atoms with Gasteiger partial charge in [0.05, 0.1) is 18.8 Å². The first-order valence-electron chi connectivity index (χ1n) is 6.78. The second-order valence-corrected chi connectivity index (χ2v) is 4.65. The van der Waals surface area contributed by atoms with Gasteiger partial charge >= 0.3 is 5.97 Å². The molecule has 0 amide bonds. The highest BCUT2D eigenvalue weighted by molar-refractivity contribution is 5.90. The van der Waals surface area contributed by atoms with E-state index in [9.17, 15) is 14.4 Å². The van der Waals surface area contributed by atoms with Gasteiger partial charge in [0.15, 0.2) is 11.5 Å². The van der Waals surface area contributed by atoms with Crippen molar-refractivity contribution in [3.05, 3.63) is 59.4 Å². The molecule has 2 aromatic rings. The Hall–Kier alpha value is -3.13. The number of ether oxygens (including phenoxy) is 2. The van der Waals surface area contributed by atoms with E-state index in [1.807, 2.05) is 6.07 Å². The van der Waals surface area contributed by atoms with Crippen molar-refractivity contribution in [3.8, 4) is 17.6 Å². The molecule has 0 bridgehead atoms. The van der Waals surface area contributed by atoms with Crippen LogP contribution in [0.3, 0.4) is 0 Å². The third-order valence-electron chi connectivity index (χ3n) is 3.04. The van der Waals surface area contributed by atoms with Crippen molar-refractivity contribution < 1.29 is 18.7 Å². The normalized spacial score (nSPS) is 10.8. The van der Waals surface area contributed by atoms with E-state index in [4.69, 9.17) is 9.47 Å². The number of rotatable bonds is 4. The van der Waals surface area contributed by atoms with Gasteiger partial charge in [-0.3, -0.25) is 4.79 Å². The highest BCUT2D eigenvalue weighted by Crippen LogP contribution is 2.30. The van der Waals surface area contributed by atoms with Gasteiger partial charge in [0, 0.05) is 12.5 Å². The zero-order valence-electron chi connectivity index (χ0n) is 12.7. The van der Waals surface area contributed by atoms with Gasteiger partial charge in [0.25, 0.3) is 0 Å². The summed E-state index contributed by atoms with van der Waals surface area (Å²) in [4.78, 5) is 11.0. The Balaban J connectivity index is 2.43. The molecule has 0 heterocycles. The lowest BCUT2D eigenvalue weighted by atomic mass is 10.0. The number of nitriles is 1. The van der Waals surface area contributed by atoms with Gasteiger partial charge in [-0.05, 0) is 29.8 Å². The average molecular weight is 311 g/mol. The zero-order chi connectivity index (χ0) is 16.8. The molecule has 2 aromatic carbocycles. The standard InChI is InChI=1S/C18H14FNO3/c1-12(21)23-17-8-7-13(10-18(17)22-2)9-14(11-20)15-5-3-4-6-16(15)19/h3-10H,1-2H3/b14-9-. The molecule has 0 saturated carbocycles. The molecule has 0 aliphatic heterocycles. The minimum absolute atomic E-state index is 0.186. The van der Waals surface area contributed by atoms with Gasteiger partial charge in [-0.2, -0.15) is 5.26 Å². The maximum Gasteiger partial charge on any atom is 0.308 e. The van der Waals surface area contributed by atoms with Gasteiger partial charge in [-0.1, -0.05) is 24.3 Å². The SMILES string of the molecule is COc1cc(/C=C(/C#N)c2ccccc2F)ccc1OC(C)=O. The minimum Gasteiger partial charge on any atom is -0.493 e. The second kappa shape index (κ2) is 7.23. The molecule has 5 heteroatoms. The van der Waals surface area contributed by atoms with Crippen LogP contribution in [0.1, 0.15) is 18.1 Å². The number of allylic oxidation sites excluding steroid dienone is 1. The first kappa shape index (κ1) is 16.2. The number of esters is 1. The highest BCUT2D eigenvalue weighted by Gasteiger charge is 2.10. The Morgan fingerprint density at radius 1 is 1.22 bits per heavy atom. The fourth-order valence-corrected chi connectivity index (χ4v) is 2.03. The summed E-state index contributed by atoms with van der Waals surface area (Å²) in [5.74, 6) is -0.305. The van der Waals surface area contributed by atoms with Gasteiger partial charge in [0.2, 0.25) is 0 Å². The lowest BCUT2D eigenvalue weighted by Crippen LogP contribution is -2.03. The number of hydrogen-bond acceptors (Lipinski definition) is 4. The summed E-state index contributed by atoms with van der Waals surface area (Å²) in [7, 11) is 1.44. The maximum atomic E-state index is 13.8. The number of hydrogen-bond donors (Lipinski definition) is 0. The van der Waals surface area contributed by atoms with Crippen molar-refractivity contribution in [2.24, 2.45) is 0 Å². The fraction of sp³-hybridized carbons (Fsp3) is 0.111. The maximum absolute atomic E-state index is 13.8. The van der Waals surface area contributed by atoms with Crippen LogP contribution in [0.2, 0.25) is 0 Å². The lowest BCUT2D eigenvalue weighted by molar-refractivity contribution is -0.132. The Bertz CT molecular complexity index is 806. The van der Waals surface area contributed by atoms with Crippen LogP contribution in [0.4, 0.5) is 4.39 Å². The number of carbonyl (C=O) groups excluding carboxylic acids is 1. The first-order valence-corrected chi connectivity index (χ1v) is 6.78. The summed E-state index contributed by atoms with van der Waals surface area (Å²) in [6.07, 6.45) is 1.54. The summed E-state index contributed by atoms with van der Waals surface area (Å²) >= 11 is 0. The van der Waals surface area contributed by atoms with Crippen molar-refractivity contribution in [3.63, 3.8) is 0 Å². The van der Waals surface area contributed by atoms with Crippen LogP contribution in [0, 0.1) is 17.1 Å². The monoisotopic (exact) mass is 311 g/mol. The molecule has 0 saturated heterocycles. The first-order chi connectivity index (χ1) is 11.0. The van der Waals surface area contributed by atoms with Crippen LogP contribution >= 0.6 is 0 Å². The van der Waals surface area contributed by atoms with Crippen LogP contribution in [0.5, 0.6) is 11.5 Å². The van der Waals surface area contributed by atoms with Crippen LogP contribution in [0.25, 0.3) is 11.6 Å². The van der Waals surface area contributed by atoms with Gasteiger partial charge in [-0.25, -0.2) is 4.39 Å². The Kier molecular flexibility index (Phi) is 5.11. The van der Waals surface area contributed by atoms with Crippen LogP contribution in [0.15, 0.2) is 42.5 Å². The van der Waals surface area contributed by atoms with E-state index >= 15 is 0 Å². The molecule has 4 nitrogen and oxygen atoms in total. The average Bonchev–Trinajstić information content (AvgIpc) is 2.54. The zero-order valence-corrected chi connectivity index (χ0v) is 12.7. The molecule has 0 spiro atoms. The topological polar surface area (TPSA) is 59.3 Å². The predicted molar refractivity (Wildman–Crippen MR) is 84.2 cm³/mol. The quantitative estimate of drug-likeness (QED) is 0.373. The van der Waals surface area contributed by atoms with Gasteiger partial charge in [0.1, 0.15) is 5.82 Å². The largest absolute Gasteiger partial charge is 0.493 e. The molecule has 0 atom stereocenters. The smallest absolute Gasteiger partial charge is 0.308 e. The molecule has 0 aliphatic rings. The molecule has 0 radical (unpaired) electrons. The number of carbonyl (C=O) groups is 1. The van der Waals surface area contributed by atoms with Gasteiger partial charge < -0.3 is 9.47 Å². The predicted octanol–water partition coefficient (Wildman–Crippen LogP) is 3.82. The van der Waals surface area contributed by atoms with E-state index in [-0.39, 0.29) is 16.9 Å². The second-order valence-electron chi connectivity index (χ2n) is 4.65. The minimum atomic E-state index is -0.469. The molecule has 0 N–H and O–H groups in total. The Morgan fingerprint density at radius 3 is 2.57 bits per heavy atom. The molecule has 0 aromatic heterocycles. The Morgan fingerprint density at radius 2 is 1.96 bits per heavy atom. The molecule has 0 unspecified atom stereocenters. The Labute approximate surface area is 133 Å². The van der Waals surface area contributed by atoms with E-state index in [1.54, 1.807) is 36.4 Å². The summed E-state index contributed by atoms with van der Waals surface area (Å²) in [5.41, 5.74) is 1.03. The van der Waals surface area contributed by atoms with Gasteiger partial charge in [-0.15, -0.1) is 0 Å². The van der Waals surface area contributed by atoms with E-state index in [2.05, 4.69) is 0 Å². The van der Waals surface area contributed by atoms with Crippen LogP contribution in [-0.4, -0.2) is 13.1 Å². The van der Waals surface area contributed by atoms with E-state index in [0.717, 1.165) is 0 Å². The molecule has 0 aliphatic carbocycles. The molecular formula is C18H14FNO3. The van der Waals surface area contributed by atoms with E-state index in [0.29, 0.717) is 11.3 Å². The number of benzene rings is 2. The lowest BCUT2D eigenvalue weighted by Gasteiger charge is -2.09. The molecule has 2 rings (SSSR count). The molecule has 116 valence electrons. The third kappa shape index (κ3) is 3.95.